The van der Waals surface area contributed by atoms with Crippen LogP contribution in [0.2, 0.25) is 0 Å². The molecular formula is C28H28N2O5S. The van der Waals surface area contributed by atoms with Crippen LogP contribution in [0.5, 0.6) is 0 Å². The van der Waals surface area contributed by atoms with E-state index in [1.807, 2.05) is 38.1 Å². The molecule has 36 heavy (non-hydrogen) atoms. The van der Waals surface area contributed by atoms with Gasteiger partial charge in [0.1, 0.15) is 6.54 Å². The Hall–Kier alpha value is -3.91. The lowest BCUT2D eigenvalue weighted by molar-refractivity contribution is -0.116. The summed E-state index contributed by atoms with van der Waals surface area (Å²) in [6, 6.07) is 19.3. The fourth-order valence-electron chi connectivity index (χ4n) is 4.09. The maximum absolute atomic E-state index is 13.5. The number of carbonyl (C=O) groups excluding carboxylic acids is 2. The molecule has 1 amide bonds. The molecule has 0 radical (unpaired) electrons. The smallest absolute Gasteiger partial charge is 0.338 e. The molecule has 1 heterocycles. The number of hydrogen-bond donors (Lipinski definition) is 1. The molecule has 8 heteroatoms. The number of rotatable bonds is 8. The van der Waals surface area contributed by atoms with Crippen molar-refractivity contribution in [3.05, 3.63) is 95.2 Å². The molecule has 3 aromatic carbocycles. The van der Waals surface area contributed by atoms with Gasteiger partial charge in [0.05, 0.1) is 22.8 Å². The van der Waals surface area contributed by atoms with Crippen LogP contribution in [-0.2, 0) is 31.7 Å². The number of aryl methyl sites for hydroxylation is 2. The van der Waals surface area contributed by atoms with E-state index in [0.29, 0.717) is 22.2 Å². The fourth-order valence-corrected chi connectivity index (χ4v) is 5.76. The number of aromatic nitrogens is 1. The van der Waals surface area contributed by atoms with Gasteiger partial charge in [0.25, 0.3) is 0 Å². The third kappa shape index (κ3) is 5.49. The van der Waals surface area contributed by atoms with Crippen molar-refractivity contribution in [3.63, 3.8) is 0 Å². The number of anilines is 1. The molecule has 0 spiro atoms. The molecule has 1 N–H and O–H groups in total. The lowest BCUT2D eigenvalue weighted by atomic mass is 10.1. The van der Waals surface area contributed by atoms with Crippen LogP contribution in [0.25, 0.3) is 10.9 Å². The Bertz CT molecular complexity index is 1540. The van der Waals surface area contributed by atoms with Gasteiger partial charge in [-0.1, -0.05) is 42.0 Å². The molecule has 4 rings (SSSR count). The first kappa shape index (κ1) is 25.2. The van der Waals surface area contributed by atoms with Crippen molar-refractivity contribution < 1.29 is 22.7 Å². The zero-order valence-corrected chi connectivity index (χ0v) is 21.3. The zero-order valence-electron chi connectivity index (χ0n) is 20.4. The highest BCUT2D eigenvalue weighted by atomic mass is 32.2. The molecule has 7 nitrogen and oxygen atoms in total. The van der Waals surface area contributed by atoms with Crippen molar-refractivity contribution in [2.24, 2.45) is 0 Å². The Labute approximate surface area is 210 Å². The lowest BCUT2D eigenvalue weighted by Gasteiger charge is -2.08. The molecule has 0 aliphatic rings. The molecule has 0 aliphatic heterocycles. The van der Waals surface area contributed by atoms with E-state index < -0.39 is 15.8 Å². The van der Waals surface area contributed by atoms with Crippen LogP contribution in [0, 0.1) is 13.8 Å². The average Bonchev–Trinajstić information content (AvgIpc) is 3.21. The standard InChI is InChI=1S/C28H28N2O5S/c1-4-35-28(32)21-11-13-23(14-12-21)29-27(31)17-30-16-26(24-7-5-6-8-25(24)30)36(33,34)18-22-15-19(2)9-10-20(22)3/h5-16H,4,17-18H2,1-3H3,(H,29,31). The number of fused-ring (bicyclic) bond motifs is 1. The number of sulfone groups is 1. The molecule has 0 atom stereocenters. The quantitative estimate of drug-likeness (QED) is 0.339. The average molecular weight is 505 g/mol. The summed E-state index contributed by atoms with van der Waals surface area (Å²) < 4.78 is 33.5. The highest BCUT2D eigenvalue weighted by molar-refractivity contribution is 7.90. The van der Waals surface area contributed by atoms with Gasteiger partial charge in [0, 0.05) is 22.8 Å². The first-order chi connectivity index (χ1) is 17.2. The van der Waals surface area contributed by atoms with Crippen LogP contribution in [0.15, 0.2) is 77.8 Å². The van der Waals surface area contributed by atoms with Crippen molar-refractivity contribution in [2.45, 2.75) is 38.0 Å². The van der Waals surface area contributed by atoms with Crippen LogP contribution < -0.4 is 5.32 Å². The number of nitrogens with zero attached hydrogens (tertiary/aromatic N) is 1. The monoisotopic (exact) mass is 504 g/mol. The highest BCUT2D eigenvalue weighted by Gasteiger charge is 2.23. The van der Waals surface area contributed by atoms with Crippen LogP contribution in [-0.4, -0.2) is 31.5 Å². The van der Waals surface area contributed by atoms with E-state index >= 15 is 0 Å². The van der Waals surface area contributed by atoms with E-state index in [-0.39, 0.29) is 29.7 Å². The fraction of sp³-hybridized carbons (Fsp3) is 0.214. The van der Waals surface area contributed by atoms with Crippen LogP contribution >= 0.6 is 0 Å². The predicted molar refractivity (Wildman–Crippen MR) is 140 cm³/mol. The van der Waals surface area contributed by atoms with E-state index in [4.69, 9.17) is 4.74 Å². The van der Waals surface area contributed by atoms with Gasteiger partial charge in [0.2, 0.25) is 5.91 Å². The Balaban J connectivity index is 1.57. The van der Waals surface area contributed by atoms with Crippen LogP contribution in [0.3, 0.4) is 0 Å². The van der Waals surface area contributed by atoms with E-state index in [1.54, 1.807) is 54.0 Å². The van der Waals surface area contributed by atoms with Crippen molar-refractivity contribution in [1.82, 2.24) is 4.57 Å². The van der Waals surface area contributed by atoms with Crippen molar-refractivity contribution >= 4 is 38.3 Å². The first-order valence-corrected chi connectivity index (χ1v) is 13.3. The van der Waals surface area contributed by atoms with E-state index in [0.717, 1.165) is 16.7 Å². The second-order valence-electron chi connectivity index (χ2n) is 8.67. The van der Waals surface area contributed by atoms with E-state index in [2.05, 4.69) is 5.32 Å². The largest absolute Gasteiger partial charge is 0.462 e. The van der Waals surface area contributed by atoms with Crippen LogP contribution in [0.1, 0.15) is 34.0 Å². The third-order valence-electron chi connectivity index (χ3n) is 5.93. The number of esters is 1. The number of ether oxygens (including phenoxy) is 1. The van der Waals surface area contributed by atoms with Gasteiger partial charge < -0.3 is 14.6 Å². The van der Waals surface area contributed by atoms with Gasteiger partial charge in [-0.15, -0.1) is 0 Å². The maximum Gasteiger partial charge on any atom is 0.338 e. The van der Waals surface area contributed by atoms with E-state index in [9.17, 15) is 18.0 Å². The molecule has 1 aromatic heterocycles. The number of nitrogens with one attached hydrogen (secondary N) is 1. The number of benzene rings is 3. The minimum absolute atomic E-state index is 0.0703. The summed E-state index contributed by atoms with van der Waals surface area (Å²) in [5, 5.41) is 3.37. The molecule has 0 fully saturated rings. The molecule has 0 saturated heterocycles. The lowest BCUT2D eigenvalue weighted by Crippen LogP contribution is -2.18. The van der Waals surface area contributed by atoms with Gasteiger partial charge in [-0.05, 0) is 62.2 Å². The SMILES string of the molecule is CCOC(=O)c1ccc(NC(=O)Cn2cc(S(=O)(=O)Cc3cc(C)ccc3C)c3ccccc32)cc1. The summed E-state index contributed by atoms with van der Waals surface area (Å²) in [4.78, 5) is 24.8. The Morgan fingerprint density at radius 3 is 2.42 bits per heavy atom. The van der Waals surface area contributed by atoms with Gasteiger partial charge >= 0.3 is 5.97 Å². The first-order valence-electron chi connectivity index (χ1n) is 11.6. The normalized spacial score (nSPS) is 11.4. The minimum atomic E-state index is -3.67. The second kappa shape index (κ2) is 10.4. The highest BCUT2D eigenvalue weighted by Crippen LogP contribution is 2.29. The molecule has 0 saturated carbocycles. The van der Waals surface area contributed by atoms with Gasteiger partial charge in [-0.3, -0.25) is 4.79 Å². The van der Waals surface area contributed by atoms with Crippen molar-refractivity contribution in [3.8, 4) is 0 Å². The summed E-state index contributed by atoms with van der Waals surface area (Å²) in [7, 11) is -3.67. The van der Waals surface area contributed by atoms with Crippen LogP contribution in [0.4, 0.5) is 5.69 Å². The van der Waals surface area contributed by atoms with Crippen molar-refractivity contribution in [1.29, 1.82) is 0 Å². The molecular weight excluding hydrogens is 476 g/mol. The Kier molecular flexibility index (Phi) is 7.26. The summed E-state index contributed by atoms with van der Waals surface area (Å²) >= 11 is 0. The third-order valence-corrected chi connectivity index (χ3v) is 7.62. The summed E-state index contributed by atoms with van der Waals surface area (Å²) in [5.74, 6) is -0.866. The van der Waals surface area contributed by atoms with E-state index in [1.165, 1.54) is 6.20 Å². The molecule has 186 valence electrons. The maximum atomic E-state index is 13.5. The number of carbonyl (C=O) groups is 2. The molecule has 0 aliphatic carbocycles. The number of hydrogen-bond acceptors (Lipinski definition) is 5. The van der Waals surface area contributed by atoms with Gasteiger partial charge in [0.15, 0.2) is 9.84 Å². The number of amides is 1. The Morgan fingerprint density at radius 1 is 0.972 bits per heavy atom. The topological polar surface area (TPSA) is 94.5 Å². The minimum Gasteiger partial charge on any atom is -0.462 e. The molecule has 0 unspecified atom stereocenters. The predicted octanol–water partition coefficient (Wildman–Crippen LogP) is 5.05. The number of para-hydroxylation sites is 1. The van der Waals surface area contributed by atoms with Crippen molar-refractivity contribution in [2.75, 3.05) is 11.9 Å². The summed E-state index contributed by atoms with van der Waals surface area (Å²) in [6.07, 6.45) is 1.54. The zero-order chi connectivity index (χ0) is 25.9. The van der Waals surface area contributed by atoms with Gasteiger partial charge in [-0.25, -0.2) is 13.2 Å². The van der Waals surface area contributed by atoms with Gasteiger partial charge in [-0.2, -0.15) is 0 Å². The molecule has 0 bridgehead atoms. The second-order valence-corrected chi connectivity index (χ2v) is 10.6. The Morgan fingerprint density at radius 2 is 1.69 bits per heavy atom. The summed E-state index contributed by atoms with van der Waals surface area (Å²) in [6.45, 7) is 5.78. The summed E-state index contributed by atoms with van der Waals surface area (Å²) in [5.41, 5.74) is 4.25. The molecule has 4 aromatic rings.